The average Bonchev–Trinajstić information content (AvgIpc) is 3.13. The van der Waals surface area contributed by atoms with Crippen molar-refractivity contribution in [2.45, 2.75) is 0 Å². The number of carbonyl (C=O) groups excluding carboxylic acids is 1. The largest absolute Gasteiger partial charge is 0.496 e. The van der Waals surface area contributed by atoms with Crippen LogP contribution in [0.3, 0.4) is 0 Å². The summed E-state index contributed by atoms with van der Waals surface area (Å²) in [4.78, 5) is 12.1. The lowest BCUT2D eigenvalue weighted by atomic mass is 10.1. The summed E-state index contributed by atoms with van der Waals surface area (Å²) >= 11 is 3.40. The van der Waals surface area contributed by atoms with Gasteiger partial charge in [0.15, 0.2) is 0 Å². The van der Waals surface area contributed by atoms with Gasteiger partial charge in [-0.3, -0.25) is 9.89 Å². The Morgan fingerprint density at radius 2 is 2.04 bits per heavy atom. The summed E-state index contributed by atoms with van der Waals surface area (Å²) in [7, 11) is 1.60. The van der Waals surface area contributed by atoms with Crippen LogP contribution in [0.4, 0.5) is 0 Å². The Labute approximate surface area is 153 Å². The Balaban J connectivity index is 1.65. The third-order valence-corrected chi connectivity index (χ3v) is 4.07. The molecule has 0 aliphatic heterocycles. The first kappa shape index (κ1) is 16.9. The molecule has 0 radical (unpaired) electrons. The highest BCUT2D eigenvalue weighted by Crippen LogP contribution is 2.24. The molecule has 0 saturated carbocycles. The number of hydrogen-bond acceptors (Lipinski definition) is 4. The zero-order valence-corrected chi connectivity index (χ0v) is 14.9. The lowest BCUT2D eigenvalue weighted by molar-refractivity contribution is 0.0950. The molecule has 0 saturated heterocycles. The second-order valence-corrected chi connectivity index (χ2v) is 5.98. The van der Waals surface area contributed by atoms with Crippen molar-refractivity contribution in [3.05, 3.63) is 70.3 Å². The molecule has 25 heavy (non-hydrogen) atoms. The van der Waals surface area contributed by atoms with E-state index in [1.807, 2.05) is 48.5 Å². The van der Waals surface area contributed by atoms with Gasteiger partial charge in [-0.1, -0.05) is 30.3 Å². The monoisotopic (exact) mass is 398 g/mol. The lowest BCUT2D eigenvalue weighted by Gasteiger charge is -2.03. The van der Waals surface area contributed by atoms with Crippen LogP contribution in [0.5, 0.6) is 5.75 Å². The molecule has 0 fully saturated rings. The fraction of sp³-hybridized carbons (Fsp3) is 0.0556. The number of H-pyrrole nitrogens is 1. The first-order valence-corrected chi connectivity index (χ1v) is 8.24. The van der Waals surface area contributed by atoms with Gasteiger partial charge in [0.25, 0.3) is 5.91 Å². The smallest absolute Gasteiger partial charge is 0.289 e. The van der Waals surface area contributed by atoms with Gasteiger partial charge in [0.2, 0.25) is 0 Å². The number of benzene rings is 2. The number of hydrazone groups is 1. The van der Waals surface area contributed by atoms with Crippen LogP contribution in [0.2, 0.25) is 0 Å². The number of halogens is 1. The Morgan fingerprint density at radius 1 is 1.24 bits per heavy atom. The molecule has 0 spiro atoms. The summed E-state index contributed by atoms with van der Waals surface area (Å²) < 4.78 is 5.98. The zero-order valence-electron chi connectivity index (χ0n) is 13.4. The van der Waals surface area contributed by atoms with Crippen LogP contribution in [0.25, 0.3) is 11.3 Å². The number of methoxy groups -OCH3 is 1. The Hall–Kier alpha value is -2.93. The standard InChI is InChI=1S/C18H15BrN4O2/c1-25-17-8-7-12(9-14(17)19)11-20-23-18(24)16-10-15(21-22-16)13-5-3-2-4-6-13/h2-11H,1H3,(H,21,22)(H,23,24). The van der Waals surface area contributed by atoms with E-state index < -0.39 is 0 Å². The number of aromatic amines is 1. The fourth-order valence-electron chi connectivity index (χ4n) is 2.18. The predicted molar refractivity (Wildman–Crippen MR) is 99.8 cm³/mol. The minimum atomic E-state index is -0.362. The average molecular weight is 399 g/mol. The predicted octanol–water partition coefficient (Wildman–Crippen LogP) is 3.61. The van der Waals surface area contributed by atoms with Crippen LogP contribution in [0.1, 0.15) is 16.1 Å². The van der Waals surface area contributed by atoms with Crippen molar-refractivity contribution < 1.29 is 9.53 Å². The van der Waals surface area contributed by atoms with Gasteiger partial charge >= 0.3 is 0 Å². The summed E-state index contributed by atoms with van der Waals surface area (Å²) in [5, 5.41) is 10.8. The van der Waals surface area contributed by atoms with E-state index in [4.69, 9.17) is 4.74 Å². The highest BCUT2D eigenvalue weighted by molar-refractivity contribution is 9.10. The fourth-order valence-corrected chi connectivity index (χ4v) is 2.74. The Morgan fingerprint density at radius 3 is 2.76 bits per heavy atom. The molecule has 0 aliphatic rings. The van der Waals surface area contributed by atoms with Crippen molar-refractivity contribution in [1.29, 1.82) is 0 Å². The number of rotatable bonds is 5. The number of amides is 1. The molecule has 0 bridgehead atoms. The van der Waals surface area contributed by atoms with Gasteiger partial charge in [0, 0.05) is 5.56 Å². The van der Waals surface area contributed by atoms with E-state index in [1.165, 1.54) is 0 Å². The van der Waals surface area contributed by atoms with E-state index in [0.717, 1.165) is 21.3 Å². The number of nitrogens with one attached hydrogen (secondary N) is 2. The minimum absolute atomic E-state index is 0.340. The zero-order chi connectivity index (χ0) is 17.6. The quantitative estimate of drug-likeness (QED) is 0.508. The summed E-state index contributed by atoms with van der Waals surface area (Å²) in [5.74, 6) is 0.366. The van der Waals surface area contributed by atoms with E-state index in [-0.39, 0.29) is 5.91 Å². The second-order valence-electron chi connectivity index (χ2n) is 5.13. The normalized spacial score (nSPS) is 10.8. The number of hydrogen-bond donors (Lipinski definition) is 2. The van der Waals surface area contributed by atoms with Gasteiger partial charge in [0.05, 0.1) is 23.5 Å². The van der Waals surface area contributed by atoms with Crippen LogP contribution in [0, 0.1) is 0 Å². The summed E-state index contributed by atoms with van der Waals surface area (Å²) in [6, 6.07) is 16.8. The molecule has 7 heteroatoms. The summed E-state index contributed by atoms with van der Waals surface area (Å²) in [6.45, 7) is 0. The van der Waals surface area contributed by atoms with Crippen molar-refractivity contribution >= 4 is 28.1 Å². The van der Waals surface area contributed by atoms with Crippen LogP contribution in [-0.2, 0) is 0 Å². The van der Waals surface area contributed by atoms with Gasteiger partial charge in [-0.05, 0) is 45.8 Å². The lowest BCUT2D eigenvalue weighted by Crippen LogP contribution is -2.18. The van der Waals surface area contributed by atoms with Gasteiger partial charge in [-0.25, -0.2) is 5.43 Å². The van der Waals surface area contributed by atoms with Crippen molar-refractivity contribution in [2.24, 2.45) is 5.10 Å². The minimum Gasteiger partial charge on any atom is -0.496 e. The molecule has 0 atom stereocenters. The van der Waals surface area contributed by atoms with Gasteiger partial charge in [-0.2, -0.15) is 10.2 Å². The molecular formula is C18H15BrN4O2. The van der Waals surface area contributed by atoms with E-state index >= 15 is 0 Å². The van der Waals surface area contributed by atoms with Crippen LogP contribution in [-0.4, -0.2) is 29.4 Å². The van der Waals surface area contributed by atoms with E-state index in [1.54, 1.807) is 19.4 Å². The molecular weight excluding hydrogens is 384 g/mol. The maximum absolute atomic E-state index is 12.1. The van der Waals surface area contributed by atoms with Crippen molar-refractivity contribution in [3.63, 3.8) is 0 Å². The maximum atomic E-state index is 12.1. The highest BCUT2D eigenvalue weighted by atomic mass is 79.9. The molecule has 3 aromatic rings. The maximum Gasteiger partial charge on any atom is 0.289 e. The highest BCUT2D eigenvalue weighted by Gasteiger charge is 2.10. The van der Waals surface area contributed by atoms with Crippen LogP contribution in [0.15, 0.2) is 64.2 Å². The van der Waals surface area contributed by atoms with Crippen LogP contribution >= 0.6 is 15.9 Å². The Bertz CT molecular complexity index is 906. The van der Waals surface area contributed by atoms with Gasteiger partial charge in [-0.15, -0.1) is 0 Å². The Kier molecular flexibility index (Phi) is 5.25. The molecule has 6 nitrogen and oxygen atoms in total. The molecule has 2 N–H and O–H groups in total. The van der Waals surface area contributed by atoms with Crippen molar-refractivity contribution in [1.82, 2.24) is 15.6 Å². The molecule has 1 heterocycles. The molecule has 1 amide bonds. The third kappa shape index (κ3) is 4.13. The van der Waals surface area contributed by atoms with E-state index in [0.29, 0.717) is 11.4 Å². The summed E-state index contributed by atoms with van der Waals surface area (Å²) in [5.41, 5.74) is 5.27. The molecule has 3 rings (SSSR count). The first-order chi connectivity index (χ1) is 12.2. The molecule has 2 aromatic carbocycles. The summed E-state index contributed by atoms with van der Waals surface area (Å²) in [6.07, 6.45) is 1.55. The number of nitrogens with zero attached hydrogens (tertiary/aromatic N) is 2. The molecule has 0 aliphatic carbocycles. The van der Waals surface area contributed by atoms with Gasteiger partial charge in [0.1, 0.15) is 11.4 Å². The van der Waals surface area contributed by atoms with Crippen molar-refractivity contribution in [3.8, 4) is 17.0 Å². The van der Waals surface area contributed by atoms with E-state index in [9.17, 15) is 4.79 Å². The van der Waals surface area contributed by atoms with Crippen molar-refractivity contribution in [2.75, 3.05) is 7.11 Å². The topological polar surface area (TPSA) is 79.4 Å². The number of carbonyl (C=O) groups is 1. The molecule has 0 unspecified atom stereocenters. The second kappa shape index (κ2) is 7.76. The number of aromatic nitrogens is 2. The third-order valence-electron chi connectivity index (χ3n) is 3.45. The molecule has 1 aromatic heterocycles. The van der Waals surface area contributed by atoms with Gasteiger partial charge < -0.3 is 4.74 Å². The SMILES string of the molecule is COc1ccc(C=NNC(=O)c2cc(-c3ccccc3)n[nH]2)cc1Br. The first-order valence-electron chi connectivity index (χ1n) is 7.45. The number of ether oxygens (including phenoxy) is 1. The molecule has 126 valence electrons. The van der Waals surface area contributed by atoms with E-state index in [2.05, 4.69) is 36.7 Å². The van der Waals surface area contributed by atoms with Crippen LogP contribution < -0.4 is 10.2 Å².